The molecule has 0 atom stereocenters. The van der Waals surface area contributed by atoms with Gasteiger partial charge in [-0.05, 0) is 41.0 Å². The van der Waals surface area contributed by atoms with Crippen LogP contribution in [-0.4, -0.2) is 11.4 Å². The summed E-state index contributed by atoms with van der Waals surface area (Å²) in [5.41, 5.74) is 2.69. The van der Waals surface area contributed by atoms with Gasteiger partial charge in [-0.1, -0.05) is 67.4 Å². The molecular weight excluding hydrogens is 317 g/mol. The minimum atomic E-state index is -0.399. The summed E-state index contributed by atoms with van der Waals surface area (Å²) in [7, 11) is 0. The second-order valence-electron chi connectivity index (χ2n) is 5.64. The van der Waals surface area contributed by atoms with Crippen molar-refractivity contribution in [3.8, 4) is 0 Å². The number of halogens is 2. The Hall–Kier alpha value is -1.77. The number of benzene rings is 2. The monoisotopic (exact) mass is 333 g/mol. The van der Waals surface area contributed by atoms with Crippen LogP contribution in [0.25, 0.3) is 5.57 Å². The van der Waals surface area contributed by atoms with Gasteiger partial charge in [-0.15, -0.1) is 5.16 Å². The Morgan fingerprint density at radius 3 is 1.68 bits per heavy atom. The van der Waals surface area contributed by atoms with Gasteiger partial charge >= 0.3 is 0 Å². The van der Waals surface area contributed by atoms with Gasteiger partial charge < -0.3 is 5.21 Å². The molecule has 22 heavy (non-hydrogen) atoms. The third-order valence-electron chi connectivity index (χ3n) is 3.22. The van der Waals surface area contributed by atoms with E-state index < -0.39 is 5.41 Å². The van der Waals surface area contributed by atoms with E-state index in [1.807, 2.05) is 62.4 Å². The van der Waals surface area contributed by atoms with E-state index in [2.05, 4.69) is 11.2 Å². The molecule has 0 aliphatic heterocycles. The van der Waals surface area contributed by atoms with Crippen molar-refractivity contribution in [3.63, 3.8) is 0 Å². The molecule has 0 unspecified atom stereocenters. The lowest BCUT2D eigenvalue weighted by atomic mass is 9.87. The van der Waals surface area contributed by atoms with E-state index in [1.54, 1.807) is 0 Å². The van der Waals surface area contributed by atoms with Crippen molar-refractivity contribution >= 4 is 35.0 Å². The maximum absolute atomic E-state index is 8.83. The largest absolute Gasteiger partial charge is 0.411 e. The SMILES string of the molecule is CC(C)(C=C(c1ccc(Cl)cc1)c1ccc(Cl)cc1)/C=N/O. The van der Waals surface area contributed by atoms with Crippen molar-refractivity contribution in [1.29, 1.82) is 0 Å². The van der Waals surface area contributed by atoms with E-state index in [0.717, 1.165) is 16.7 Å². The van der Waals surface area contributed by atoms with Crippen LogP contribution < -0.4 is 0 Å². The first-order valence-electron chi connectivity index (χ1n) is 6.84. The fourth-order valence-electron chi connectivity index (χ4n) is 2.15. The molecule has 4 heteroatoms. The first-order valence-corrected chi connectivity index (χ1v) is 7.60. The zero-order chi connectivity index (χ0) is 16.2. The molecule has 2 nitrogen and oxygen atoms in total. The highest BCUT2D eigenvalue weighted by molar-refractivity contribution is 6.31. The van der Waals surface area contributed by atoms with Gasteiger partial charge in [-0.3, -0.25) is 0 Å². The van der Waals surface area contributed by atoms with Gasteiger partial charge in [0.15, 0.2) is 0 Å². The van der Waals surface area contributed by atoms with Gasteiger partial charge in [-0.25, -0.2) is 0 Å². The molecule has 0 radical (unpaired) electrons. The first-order chi connectivity index (χ1) is 10.4. The van der Waals surface area contributed by atoms with Gasteiger partial charge in [0.05, 0.1) is 6.21 Å². The Morgan fingerprint density at radius 2 is 1.32 bits per heavy atom. The van der Waals surface area contributed by atoms with Gasteiger partial charge in [0, 0.05) is 15.5 Å². The van der Waals surface area contributed by atoms with Gasteiger partial charge in [0.1, 0.15) is 0 Å². The number of hydrogen-bond acceptors (Lipinski definition) is 2. The molecule has 0 saturated heterocycles. The van der Waals surface area contributed by atoms with Crippen LogP contribution in [0, 0.1) is 5.41 Å². The number of oxime groups is 1. The maximum Gasteiger partial charge on any atom is 0.0530 e. The molecule has 0 bridgehead atoms. The van der Waals surface area contributed by atoms with Crippen LogP contribution in [0.3, 0.4) is 0 Å². The van der Waals surface area contributed by atoms with E-state index >= 15 is 0 Å². The fourth-order valence-corrected chi connectivity index (χ4v) is 2.40. The molecule has 114 valence electrons. The second kappa shape index (κ2) is 6.99. The number of hydrogen-bond donors (Lipinski definition) is 1. The lowest BCUT2D eigenvalue weighted by Gasteiger charge is -2.17. The molecule has 0 heterocycles. The smallest absolute Gasteiger partial charge is 0.0530 e. The van der Waals surface area contributed by atoms with E-state index in [4.69, 9.17) is 28.4 Å². The molecule has 0 aliphatic rings. The van der Waals surface area contributed by atoms with Crippen molar-refractivity contribution < 1.29 is 5.21 Å². The quantitative estimate of drug-likeness (QED) is 0.421. The van der Waals surface area contributed by atoms with E-state index in [9.17, 15) is 0 Å². The molecule has 0 aromatic heterocycles. The number of allylic oxidation sites excluding steroid dienone is 1. The molecule has 0 fully saturated rings. The van der Waals surface area contributed by atoms with Crippen LogP contribution in [0.5, 0.6) is 0 Å². The van der Waals surface area contributed by atoms with Crippen LogP contribution in [0.15, 0.2) is 59.8 Å². The summed E-state index contributed by atoms with van der Waals surface area (Å²) in [5.74, 6) is 0. The Labute approximate surface area is 140 Å². The van der Waals surface area contributed by atoms with Crippen molar-refractivity contribution in [1.82, 2.24) is 0 Å². The normalized spacial score (nSPS) is 11.6. The molecule has 0 saturated carbocycles. The average molecular weight is 334 g/mol. The van der Waals surface area contributed by atoms with Gasteiger partial charge in [0.2, 0.25) is 0 Å². The molecule has 0 spiro atoms. The zero-order valence-corrected chi connectivity index (χ0v) is 13.9. The van der Waals surface area contributed by atoms with Crippen LogP contribution in [0.2, 0.25) is 10.0 Å². The lowest BCUT2D eigenvalue weighted by Crippen LogP contribution is -2.10. The number of nitrogens with zero attached hydrogens (tertiary/aromatic N) is 1. The van der Waals surface area contributed by atoms with Gasteiger partial charge in [0.25, 0.3) is 0 Å². The Bertz CT molecular complexity index is 639. The lowest BCUT2D eigenvalue weighted by molar-refractivity contribution is 0.317. The second-order valence-corrected chi connectivity index (χ2v) is 6.51. The predicted octanol–water partition coefficient (Wildman–Crippen LogP) is 5.91. The summed E-state index contributed by atoms with van der Waals surface area (Å²) in [5, 5.41) is 13.4. The molecular formula is C18H17Cl2NO. The molecule has 2 aromatic rings. The third-order valence-corrected chi connectivity index (χ3v) is 3.72. The maximum atomic E-state index is 8.83. The Morgan fingerprint density at radius 1 is 0.909 bits per heavy atom. The first kappa shape index (κ1) is 16.6. The third kappa shape index (κ3) is 4.36. The van der Waals surface area contributed by atoms with E-state index in [0.29, 0.717) is 10.0 Å². The Balaban J connectivity index is 2.56. The topological polar surface area (TPSA) is 32.6 Å². The highest BCUT2D eigenvalue weighted by atomic mass is 35.5. The average Bonchev–Trinajstić information content (AvgIpc) is 2.47. The molecule has 0 aliphatic carbocycles. The summed E-state index contributed by atoms with van der Waals surface area (Å²) >= 11 is 11.9. The van der Waals surface area contributed by atoms with Crippen molar-refractivity contribution in [2.45, 2.75) is 13.8 Å². The van der Waals surface area contributed by atoms with Crippen LogP contribution in [0.1, 0.15) is 25.0 Å². The summed E-state index contributed by atoms with van der Waals surface area (Å²) in [6.07, 6.45) is 3.55. The summed E-state index contributed by atoms with van der Waals surface area (Å²) in [4.78, 5) is 0. The van der Waals surface area contributed by atoms with Gasteiger partial charge in [-0.2, -0.15) is 0 Å². The zero-order valence-electron chi connectivity index (χ0n) is 12.4. The minimum absolute atomic E-state index is 0.399. The summed E-state index contributed by atoms with van der Waals surface area (Å²) in [6.45, 7) is 3.94. The highest BCUT2D eigenvalue weighted by Crippen LogP contribution is 2.30. The molecule has 0 amide bonds. The molecule has 1 N–H and O–H groups in total. The van der Waals surface area contributed by atoms with Crippen molar-refractivity contribution in [2.24, 2.45) is 10.6 Å². The van der Waals surface area contributed by atoms with Crippen LogP contribution >= 0.6 is 23.2 Å². The van der Waals surface area contributed by atoms with Crippen molar-refractivity contribution in [3.05, 3.63) is 75.8 Å². The predicted molar refractivity (Wildman–Crippen MR) is 94.0 cm³/mol. The molecule has 2 rings (SSSR count). The fraction of sp³-hybridized carbons (Fsp3) is 0.167. The van der Waals surface area contributed by atoms with E-state index in [-0.39, 0.29) is 0 Å². The Kier molecular flexibility index (Phi) is 5.28. The summed E-state index contributed by atoms with van der Waals surface area (Å²) in [6, 6.07) is 15.3. The van der Waals surface area contributed by atoms with Crippen LogP contribution in [-0.2, 0) is 0 Å². The molecule has 2 aromatic carbocycles. The van der Waals surface area contributed by atoms with Crippen LogP contribution in [0.4, 0.5) is 0 Å². The standard InChI is InChI=1S/C18H17Cl2NO/c1-18(2,12-21-22)11-17(13-3-7-15(19)8-4-13)14-5-9-16(20)10-6-14/h3-12,22H,1-2H3/b21-12+. The minimum Gasteiger partial charge on any atom is -0.411 e. The van der Waals surface area contributed by atoms with E-state index in [1.165, 1.54) is 6.21 Å². The highest BCUT2D eigenvalue weighted by Gasteiger charge is 2.16. The summed E-state index contributed by atoms with van der Waals surface area (Å²) < 4.78 is 0. The number of rotatable bonds is 4. The van der Waals surface area contributed by atoms with Crippen molar-refractivity contribution in [2.75, 3.05) is 0 Å².